The molecular weight excluding hydrogens is 276 g/mol. The Morgan fingerprint density at radius 2 is 1.90 bits per heavy atom. The highest BCUT2D eigenvalue weighted by Gasteiger charge is 2.30. The first-order valence-electron chi connectivity index (χ1n) is 6.97. The summed E-state index contributed by atoms with van der Waals surface area (Å²) in [7, 11) is 0. The van der Waals surface area contributed by atoms with Gasteiger partial charge < -0.3 is 15.5 Å². The van der Waals surface area contributed by atoms with E-state index in [1.165, 1.54) is 0 Å². The topological polar surface area (TPSA) is 102 Å². The quantitative estimate of drug-likeness (QED) is 0.488. The predicted octanol–water partition coefficient (Wildman–Crippen LogP) is -1.18. The number of nitrogens with zero attached hydrogens (tertiary/aromatic N) is 2. The number of piperidine rings is 1. The molecule has 8 heteroatoms. The molecule has 21 heavy (non-hydrogen) atoms. The lowest BCUT2D eigenvalue weighted by Crippen LogP contribution is -2.53. The van der Waals surface area contributed by atoms with Gasteiger partial charge in [-0.25, -0.2) is 5.06 Å². The summed E-state index contributed by atoms with van der Waals surface area (Å²) in [6, 6.07) is -0.387. The minimum absolute atomic E-state index is 0.185. The fourth-order valence-electron chi connectivity index (χ4n) is 2.54. The van der Waals surface area contributed by atoms with E-state index >= 15 is 0 Å². The van der Waals surface area contributed by atoms with Crippen LogP contribution in [0.4, 0.5) is 0 Å². The summed E-state index contributed by atoms with van der Waals surface area (Å²) in [5.41, 5.74) is 0.652. The van der Waals surface area contributed by atoms with Crippen molar-refractivity contribution in [2.45, 2.75) is 25.3 Å². The lowest BCUT2D eigenvalue weighted by molar-refractivity contribution is -0.168. The second-order valence-electron chi connectivity index (χ2n) is 5.22. The maximum atomic E-state index is 12.2. The first-order chi connectivity index (χ1) is 9.99. The Hall–Kier alpha value is -2.09. The zero-order chi connectivity index (χ0) is 15.4. The summed E-state index contributed by atoms with van der Waals surface area (Å²) < 4.78 is 0. The van der Waals surface area contributed by atoms with E-state index < -0.39 is 18.4 Å². The Bertz CT molecular complexity index is 465. The summed E-state index contributed by atoms with van der Waals surface area (Å²) in [5, 5.41) is 14.9. The van der Waals surface area contributed by atoms with E-state index in [2.05, 4.69) is 17.2 Å². The molecule has 0 aromatic carbocycles. The lowest BCUT2D eigenvalue weighted by atomic mass is 10.0. The SMILES string of the molecule is C=C1CNC(=O)CN(O)C(=O)CNC(=O)C2CCCCN12. The summed E-state index contributed by atoms with van der Waals surface area (Å²) in [6.45, 7) is 4.00. The standard InChI is InChI=1S/C13H20N4O4/c1-9-6-14-11(18)8-17(21)12(19)7-15-13(20)10-4-2-3-5-16(9)10/h10,21H,1-8H2,(H,14,18)(H,15,20). The Morgan fingerprint density at radius 3 is 2.67 bits per heavy atom. The van der Waals surface area contributed by atoms with Gasteiger partial charge in [0.2, 0.25) is 11.8 Å². The van der Waals surface area contributed by atoms with Gasteiger partial charge in [-0.15, -0.1) is 0 Å². The third-order valence-corrected chi connectivity index (χ3v) is 3.70. The normalized spacial score (nSPS) is 25.5. The molecule has 2 heterocycles. The monoisotopic (exact) mass is 296 g/mol. The molecular formula is C13H20N4O4. The Labute approximate surface area is 122 Å². The maximum Gasteiger partial charge on any atom is 0.265 e. The number of hydrogen-bond acceptors (Lipinski definition) is 5. The number of amides is 3. The van der Waals surface area contributed by atoms with Crippen molar-refractivity contribution in [2.24, 2.45) is 0 Å². The molecule has 116 valence electrons. The van der Waals surface area contributed by atoms with Crippen LogP contribution in [-0.4, -0.2) is 65.1 Å². The number of nitrogens with one attached hydrogen (secondary N) is 2. The molecule has 1 atom stereocenters. The van der Waals surface area contributed by atoms with Crippen LogP contribution < -0.4 is 10.6 Å². The van der Waals surface area contributed by atoms with Crippen molar-refractivity contribution >= 4 is 17.7 Å². The van der Waals surface area contributed by atoms with Crippen LogP contribution in [-0.2, 0) is 14.4 Å². The molecule has 0 aliphatic carbocycles. The zero-order valence-electron chi connectivity index (χ0n) is 11.8. The van der Waals surface area contributed by atoms with E-state index in [-0.39, 0.29) is 25.0 Å². The number of carbonyl (C=O) groups is 3. The third kappa shape index (κ3) is 3.72. The van der Waals surface area contributed by atoms with Crippen molar-refractivity contribution < 1.29 is 19.6 Å². The van der Waals surface area contributed by atoms with Crippen molar-refractivity contribution in [1.29, 1.82) is 0 Å². The molecule has 0 spiro atoms. The average molecular weight is 296 g/mol. The van der Waals surface area contributed by atoms with Crippen molar-refractivity contribution in [2.75, 3.05) is 26.2 Å². The average Bonchev–Trinajstić information content (AvgIpc) is 2.48. The number of carbonyl (C=O) groups excluding carboxylic acids is 3. The minimum Gasteiger partial charge on any atom is -0.362 e. The van der Waals surface area contributed by atoms with Crippen LogP contribution in [0, 0.1) is 0 Å². The molecule has 3 N–H and O–H groups in total. The second kappa shape index (κ2) is 6.57. The highest BCUT2D eigenvalue weighted by atomic mass is 16.5. The molecule has 2 fully saturated rings. The van der Waals surface area contributed by atoms with Crippen LogP contribution in [0.5, 0.6) is 0 Å². The van der Waals surface area contributed by atoms with Gasteiger partial charge in [0.1, 0.15) is 12.6 Å². The van der Waals surface area contributed by atoms with Gasteiger partial charge in [-0.1, -0.05) is 6.58 Å². The van der Waals surface area contributed by atoms with E-state index in [4.69, 9.17) is 0 Å². The van der Waals surface area contributed by atoms with Crippen LogP contribution in [0.2, 0.25) is 0 Å². The van der Waals surface area contributed by atoms with Crippen molar-refractivity contribution in [1.82, 2.24) is 20.6 Å². The summed E-state index contributed by atoms with van der Waals surface area (Å²) in [4.78, 5) is 37.3. The minimum atomic E-state index is -0.722. The fraction of sp³-hybridized carbons (Fsp3) is 0.615. The number of hydrogen-bond donors (Lipinski definition) is 3. The second-order valence-corrected chi connectivity index (χ2v) is 5.22. The van der Waals surface area contributed by atoms with Gasteiger partial charge in [-0.3, -0.25) is 19.6 Å². The van der Waals surface area contributed by atoms with Crippen molar-refractivity contribution in [3.05, 3.63) is 12.3 Å². The van der Waals surface area contributed by atoms with Gasteiger partial charge in [-0.05, 0) is 19.3 Å². The predicted molar refractivity (Wildman–Crippen MR) is 73.0 cm³/mol. The van der Waals surface area contributed by atoms with Gasteiger partial charge in [0.25, 0.3) is 5.91 Å². The summed E-state index contributed by atoms with van der Waals surface area (Å²) in [6.07, 6.45) is 2.56. The van der Waals surface area contributed by atoms with Crippen LogP contribution in [0.15, 0.2) is 12.3 Å². The number of rotatable bonds is 0. The van der Waals surface area contributed by atoms with Gasteiger partial charge in [-0.2, -0.15) is 0 Å². The highest BCUT2D eigenvalue weighted by molar-refractivity contribution is 5.89. The Morgan fingerprint density at radius 1 is 1.14 bits per heavy atom. The van der Waals surface area contributed by atoms with Gasteiger partial charge >= 0.3 is 0 Å². The molecule has 0 aromatic rings. The van der Waals surface area contributed by atoms with E-state index in [9.17, 15) is 19.6 Å². The molecule has 2 saturated heterocycles. The van der Waals surface area contributed by atoms with E-state index in [1.54, 1.807) is 0 Å². The van der Waals surface area contributed by atoms with Crippen LogP contribution in [0.1, 0.15) is 19.3 Å². The third-order valence-electron chi connectivity index (χ3n) is 3.70. The van der Waals surface area contributed by atoms with Gasteiger partial charge in [0.15, 0.2) is 0 Å². The lowest BCUT2D eigenvalue weighted by Gasteiger charge is -2.38. The van der Waals surface area contributed by atoms with Gasteiger partial charge in [0, 0.05) is 12.2 Å². The van der Waals surface area contributed by atoms with Crippen molar-refractivity contribution in [3.63, 3.8) is 0 Å². The molecule has 8 nitrogen and oxygen atoms in total. The molecule has 2 aliphatic rings. The van der Waals surface area contributed by atoms with E-state index in [0.717, 1.165) is 12.8 Å². The summed E-state index contributed by atoms with van der Waals surface area (Å²) in [5.74, 6) is -1.46. The van der Waals surface area contributed by atoms with Crippen LogP contribution >= 0.6 is 0 Å². The first-order valence-corrected chi connectivity index (χ1v) is 6.97. The Balaban J connectivity index is 2.15. The van der Waals surface area contributed by atoms with Crippen LogP contribution in [0.3, 0.4) is 0 Å². The molecule has 0 aromatic heterocycles. The van der Waals surface area contributed by atoms with Crippen LogP contribution in [0.25, 0.3) is 0 Å². The molecule has 3 amide bonds. The molecule has 0 bridgehead atoms. The molecule has 0 saturated carbocycles. The van der Waals surface area contributed by atoms with Crippen molar-refractivity contribution in [3.8, 4) is 0 Å². The number of fused-ring (bicyclic) bond motifs is 1. The molecule has 1 unspecified atom stereocenters. The Kier molecular flexibility index (Phi) is 4.79. The fourth-order valence-corrected chi connectivity index (χ4v) is 2.54. The molecule has 0 radical (unpaired) electrons. The molecule has 2 aliphatic heterocycles. The number of hydroxylamine groups is 2. The summed E-state index contributed by atoms with van der Waals surface area (Å²) >= 11 is 0. The smallest absolute Gasteiger partial charge is 0.265 e. The van der Waals surface area contributed by atoms with E-state index in [1.807, 2.05) is 4.90 Å². The first kappa shape index (κ1) is 15.3. The maximum absolute atomic E-state index is 12.2. The van der Waals surface area contributed by atoms with E-state index in [0.29, 0.717) is 23.7 Å². The molecule has 2 rings (SSSR count). The van der Waals surface area contributed by atoms with Gasteiger partial charge in [0.05, 0.1) is 13.1 Å². The largest absolute Gasteiger partial charge is 0.362 e. The highest BCUT2D eigenvalue weighted by Crippen LogP contribution is 2.20. The zero-order valence-corrected chi connectivity index (χ0v) is 11.8.